The van der Waals surface area contributed by atoms with E-state index in [9.17, 15) is 9.90 Å². The predicted octanol–water partition coefficient (Wildman–Crippen LogP) is 3.88. The number of carboxylic acids is 1. The molecule has 0 aliphatic carbocycles. The molecule has 0 aliphatic rings. The van der Waals surface area contributed by atoms with Crippen molar-refractivity contribution < 1.29 is 9.90 Å². The Hall–Kier alpha value is -1.52. The third kappa shape index (κ3) is 3.52. The lowest BCUT2D eigenvalue weighted by Crippen LogP contribution is -2.13. The monoisotopic (exact) mass is 309 g/mol. The van der Waals surface area contributed by atoms with Crippen molar-refractivity contribution in [3.8, 4) is 0 Å². The Balaban J connectivity index is 2.18. The first-order chi connectivity index (χ1) is 9.47. The summed E-state index contributed by atoms with van der Waals surface area (Å²) in [6.45, 7) is 0. The van der Waals surface area contributed by atoms with Crippen molar-refractivity contribution in [1.82, 2.24) is 0 Å². The van der Waals surface area contributed by atoms with Crippen LogP contribution in [0.1, 0.15) is 16.4 Å². The van der Waals surface area contributed by atoms with Gasteiger partial charge in [0.25, 0.3) is 0 Å². The van der Waals surface area contributed by atoms with E-state index in [4.69, 9.17) is 11.6 Å². The maximum absolute atomic E-state index is 11.4. The normalized spacial score (nSPS) is 12.2. The lowest BCUT2D eigenvalue weighted by molar-refractivity contribution is -0.138. The van der Waals surface area contributed by atoms with E-state index in [1.165, 1.54) is 11.3 Å². The third-order valence-electron chi connectivity index (χ3n) is 3.13. The molecule has 0 fully saturated rings. The highest BCUT2D eigenvalue weighted by molar-refractivity contribution is 7.16. The molecule has 1 aromatic carbocycles. The predicted molar refractivity (Wildman–Crippen MR) is 84.2 cm³/mol. The second-order valence-corrected chi connectivity index (χ2v) is 6.54. The minimum atomic E-state index is -0.819. The van der Waals surface area contributed by atoms with Crippen molar-refractivity contribution in [3.05, 3.63) is 51.2 Å². The quantitative estimate of drug-likeness (QED) is 0.911. The van der Waals surface area contributed by atoms with E-state index in [-0.39, 0.29) is 0 Å². The molecule has 106 valence electrons. The van der Waals surface area contributed by atoms with Crippen molar-refractivity contribution in [2.24, 2.45) is 0 Å². The number of rotatable bonds is 5. The van der Waals surface area contributed by atoms with Crippen molar-refractivity contribution in [2.45, 2.75) is 12.3 Å². The van der Waals surface area contributed by atoms with Gasteiger partial charge in [0, 0.05) is 24.7 Å². The van der Waals surface area contributed by atoms with Gasteiger partial charge in [-0.1, -0.05) is 23.7 Å². The zero-order chi connectivity index (χ0) is 14.7. The van der Waals surface area contributed by atoms with Crippen LogP contribution in [0, 0.1) is 0 Å². The number of thiophene rings is 1. The van der Waals surface area contributed by atoms with Crippen LogP contribution in [0.2, 0.25) is 4.34 Å². The summed E-state index contributed by atoms with van der Waals surface area (Å²) in [4.78, 5) is 14.2. The number of halogens is 1. The summed E-state index contributed by atoms with van der Waals surface area (Å²) in [5.41, 5.74) is 2.10. The van der Waals surface area contributed by atoms with E-state index < -0.39 is 11.9 Å². The third-order valence-corrected chi connectivity index (χ3v) is 4.47. The summed E-state index contributed by atoms with van der Waals surface area (Å²) in [5.74, 6) is -1.36. The lowest BCUT2D eigenvalue weighted by atomic mass is 9.98. The van der Waals surface area contributed by atoms with Crippen LogP contribution < -0.4 is 4.90 Å². The molecular formula is C15H16ClNO2S. The molecule has 0 amide bonds. The van der Waals surface area contributed by atoms with Crippen molar-refractivity contribution in [1.29, 1.82) is 0 Å². The molecule has 1 unspecified atom stereocenters. The second-order valence-electron chi connectivity index (χ2n) is 4.80. The van der Waals surface area contributed by atoms with Crippen LogP contribution in [0.5, 0.6) is 0 Å². The van der Waals surface area contributed by atoms with E-state index in [2.05, 4.69) is 0 Å². The maximum Gasteiger partial charge on any atom is 0.312 e. The van der Waals surface area contributed by atoms with E-state index in [1.54, 1.807) is 12.1 Å². The molecule has 5 heteroatoms. The number of anilines is 1. The topological polar surface area (TPSA) is 40.5 Å². The molecule has 1 atom stereocenters. The van der Waals surface area contributed by atoms with Gasteiger partial charge in [0.05, 0.1) is 10.3 Å². The molecule has 0 bridgehead atoms. The van der Waals surface area contributed by atoms with Crippen molar-refractivity contribution in [2.75, 3.05) is 19.0 Å². The Bertz CT molecular complexity index is 592. The van der Waals surface area contributed by atoms with Crippen LogP contribution in [0.15, 0.2) is 36.4 Å². The highest BCUT2D eigenvalue weighted by atomic mass is 35.5. The van der Waals surface area contributed by atoms with E-state index in [1.807, 2.05) is 43.3 Å². The Morgan fingerprint density at radius 3 is 2.35 bits per heavy atom. The average Bonchev–Trinajstić information content (AvgIpc) is 2.82. The standard InChI is InChI=1S/C15H16ClNO2S/c1-17(2)11-5-3-10(4-6-11)9-12(15(18)19)13-7-8-14(16)20-13/h3-8,12H,9H2,1-2H3,(H,18,19). The number of carboxylic acid groups (broad SMARTS) is 1. The van der Waals surface area contributed by atoms with Gasteiger partial charge in [-0.05, 0) is 36.2 Å². The molecule has 2 rings (SSSR count). The van der Waals surface area contributed by atoms with Gasteiger partial charge in [0.1, 0.15) is 0 Å². The van der Waals surface area contributed by atoms with Gasteiger partial charge in [-0.25, -0.2) is 0 Å². The van der Waals surface area contributed by atoms with Gasteiger partial charge in [-0.15, -0.1) is 11.3 Å². The lowest BCUT2D eigenvalue weighted by Gasteiger charge is -2.14. The number of carbonyl (C=O) groups is 1. The van der Waals surface area contributed by atoms with Crippen LogP contribution in [0.25, 0.3) is 0 Å². The Kier molecular flexibility index (Phi) is 4.68. The molecule has 0 radical (unpaired) electrons. The fourth-order valence-corrected chi connectivity index (χ4v) is 3.15. The van der Waals surface area contributed by atoms with Gasteiger partial charge in [-0.3, -0.25) is 4.79 Å². The van der Waals surface area contributed by atoms with Gasteiger partial charge in [0.15, 0.2) is 0 Å². The summed E-state index contributed by atoms with van der Waals surface area (Å²) in [7, 11) is 3.95. The molecule has 1 aromatic heterocycles. The molecule has 0 spiro atoms. The highest BCUT2D eigenvalue weighted by Crippen LogP contribution is 2.31. The molecular weight excluding hydrogens is 294 g/mol. The van der Waals surface area contributed by atoms with Crippen LogP contribution in [-0.4, -0.2) is 25.2 Å². The first-order valence-electron chi connectivity index (χ1n) is 6.21. The Morgan fingerprint density at radius 1 is 1.25 bits per heavy atom. The number of hydrogen-bond acceptors (Lipinski definition) is 3. The fourth-order valence-electron chi connectivity index (χ4n) is 1.99. The molecule has 1 N–H and O–H groups in total. The van der Waals surface area contributed by atoms with Crippen molar-refractivity contribution in [3.63, 3.8) is 0 Å². The molecule has 0 aliphatic heterocycles. The zero-order valence-electron chi connectivity index (χ0n) is 11.3. The van der Waals surface area contributed by atoms with Gasteiger partial charge in [-0.2, -0.15) is 0 Å². The van der Waals surface area contributed by atoms with Crippen LogP contribution in [0.3, 0.4) is 0 Å². The number of nitrogens with zero attached hydrogens (tertiary/aromatic N) is 1. The Labute approximate surface area is 127 Å². The largest absolute Gasteiger partial charge is 0.481 e. The summed E-state index contributed by atoms with van der Waals surface area (Å²) < 4.78 is 0.620. The van der Waals surface area contributed by atoms with Gasteiger partial charge in [0.2, 0.25) is 0 Å². The summed E-state index contributed by atoms with van der Waals surface area (Å²) in [6, 6.07) is 11.5. The molecule has 0 saturated heterocycles. The van der Waals surface area contributed by atoms with Crippen LogP contribution in [0.4, 0.5) is 5.69 Å². The first-order valence-corrected chi connectivity index (χ1v) is 7.41. The highest BCUT2D eigenvalue weighted by Gasteiger charge is 2.22. The SMILES string of the molecule is CN(C)c1ccc(CC(C(=O)O)c2ccc(Cl)s2)cc1. The molecule has 3 nitrogen and oxygen atoms in total. The molecule has 20 heavy (non-hydrogen) atoms. The molecule has 1 heterocycles. The Morgan fingerprint density at radius 2 is 1.90 bits per heavy atom. The van der Waals surface area contributed by atoms with E-state index in [0.29, 0.717) is 10.8 Å². The minimum absolute atomic E-state index is 0.472. The van der Waals surface area contributed by atoms with Crippen molar-refractivity contribution >= 4 is 34.6 Å². The summed E-state index contributed by atoms with van der Waals surface area (Å²) in [6.07, 6.45) is 0.472. The van der Waals surface area contributed by atoms with Crippen LogP contribution in [-0.2, 0) is 11.2 Å². The smallest absolute Gasteiger partial charge is 0.312 e. The number of hydrogen-bond donors (Lipinski definition) is 1. The summed E-state index contributed by atoms with van der Waals surface area (Å²) >= 11 is 7.22. The minimum Gasteiger partial charge on any atom is -0.481 e. The van der Waals surface area contributed by atoms with E-state index >= 15 is 0 Å². The van der Waals surface area contributed by atoms with Crippen LogP contribution >= 0.6 is 22.9 Å². The maximum atomic E-state index is 11.4. The fraction of sp³-hybridized carbons (Fsp3) is 0.267. The summed E-state index contributed by atoms with van der Waals surface area (Å²) in [5, 5.41) is 9.40. The number of aliphatic carboxylic acids is 1. The molecule has 0 saturated carbocycles. The number of benzene rings is 1. The second kappa shape index (κ2) is 6.29. The zero-order valence-corrected chi connectivity index (χ0v) is 12.9. The first kappa shape index (κ1) is 14.9. The molecule has 2 aromatic rings. The average molecular weight is 310 g/mol. The van der Waals surface area contributed by atoms with Gasteiger partial charge < -0.3 is 10.0 Å². The van der Waals surface area contributed by atoms with E-state index in [0.717, 1.165) is 16.1 Å². The van der Waals surface area contributed by atoms with Gasteiger partial charge >= 0.3 is 5.97 Å².